The minimum Gasteiger partial charge on any atom is -0.396 e. The molecule has 0 amide bonds. The van der Waals surface area contributed by atoms with Crippen molar-refractivity contribution in [3.8, 4) is 11.3 Å². The van der Waals surface area contributed by atoms with Crippen LogP contribution in [0.3, 0.4) is 0 Å². The summed E-state index contributed by atoms with van der Waals surface area (Å²) in [6, 6.07) is 10.4. The molecule has 0 aliphatic carbocycles. The predicted octanol–water partition coefficient (Wildman–Crippen LogP) is 4.53. The Hall–Kier alpha value is -3.04. The van der Waals surface area contributed by atoms with Crippen LogP contribution in [-0.4, -0.2) is 51.4 Å². The van der Waals surface area contributed by atoms with Gasteiger partial charge in [0.2, 0.25) is 0 Å². The fourth-order valence-electron chi connectivity index (χ4n) is 4.31. The Labute approximate surface area is 196 Å². The predicted molar refractivity (Wildman–Crippen MR) is 130 cm³/mol. The van der Waals surface area contributed by atoms with Crippen LogP contribution in [0.25, 0.3) is 16.9 Å². The molecule has 1 aliphatic rings. The molecule has 4 aromatic rings. The molecule has 1 N–H and O–H groups in total. The van der Waals surface area contributed by atoms with Gasteiger partial charge < -0.3 is 14.9 Å². The van der Waals surface area contributed by atoms with Crippen molar-refractivity contribution in [3.05, 3.63) is 53.3 Å². The van der Waals surface area contributed by atoms with Gasteiger partial charge in [-0.05, 0) is 61.6 Å². The highest BCUT2D eigenvalue weighted by Crippen LogP contribution is 2.34. The first-order valence-electron chi connectivity index (χ1n) is 11.3. The molecule has 172 valence electrons. The molecule has 1 aliphatic heterocycles. The highest BCUT2D eigenvalue weighted by atomic mass is 32.1. The molecule has 1 saturated heterocycles. The zero-order chi connectivity index (χ0) is 22.9. The first-order chi connectivity index (χ1) is 16.1. The molecule has 33 heavy (non-hydrogen) atoms. The standard InChI is InChI=1S/C24H27FN6OS/c1-3-19-23(29(2)24-27-20(15-33-24)17-4-6-18(25)7-5-17)31-21(26-19)8-9-22(28-31)30-12-10-16(14-32)11-13-30/h4-9,15-16,32H,3,10-14H2,1-2H3. The number of benzene rings is 1. The van der Waals surface area contributed by atoms with Gasteiger partial charge in [-0.2, -0.15) is 4.52 Å². The van der Waals surface area contributed by atoms with E-state index in [-0.39, 0.29) is 12.4 Å². The summed E-state index contributed by atoms with van der Waals surface area (Å²) in [5, 5.41) is 17.2. The second-order valence-corrected chi connectivity index (χ2v) is 9.23. The van der Waals surface area contributed by atoms with E-state index >= 15 is 0 Å². The molecule has 4 heterocycles. The molecule has 7 nitrogen and oxygen atoms in total. The number of rotatable bonds is 6. The largest absolute Gasteiger partial charge is 0.396 e. The van der Waals surface area contributed by atoms with Gasteiger partial charge in [0, 0.05) is 37.7 Å². The summed E-state index contributed by atoms with van der Waals surface area (Å²) in [5.41, 5.74) is 3.46. The molecular formula is C24H27FN6OS. The van der Waals surface area contributed by atoms with Gasteiger partial charge in [0.05, 0.1) is 11.4 Å². The average Bonchev–Trinajstić information content (AvgIpc) is 3.49. The van der Waals surface area contributed by atoms with Crippen LogP contribution in [0.15, 0.2) is 41.8 Å². The number of aromatic nitrogens is 4. The first kappa shape index (κ1) is 21.8. The van der Waals surface area contributed by atoms with Crippen LogP contribution in [0.2, 0.25) is 0 Å². The lowest BCUT2D eigenvalue weighted by Crippen LogP contribution is -2.35. The van der Waals surface area contributed by atoms with E-state index in [1.807, 2.05) is 34.0 Å². The molecule has 9 heteroatoms. The van der Waals surface area contributed by atoms with Gasteiger partial charge in [0.1, 0.15) is 11.6 Å². The van der Waals surface area contributed by atoms with Crippen molar-refractivity contribution in [1.82, 2.24) is 19.6 Å². The first-order valence-corrected chi connectivity index (χ1v) is 12.1. The summed E-state index contributed by atoms with van der Waals surface area (Å²) in [6.45, 7) is 4.12. The molecule has 0 atom stereocenters. The van der Waals surface area contributed by atoms with Gasteiger partial charge in [0.15, 0.2) is 16.6 Å². The van der Waals surface area contributed by atoms with Crippen molar-refractivity contribution in [2.24, 2.45) is 5.92 Å². The zero-order valence-corrected chi connectivity index (χ0v) is 19.6. The van der Waals surface area contributed by atoms with Crippen LogP contribution < -0.4 is 9.80 Å². The highest BCUT2D eigenvalue weighted by Gasteiger charge is 2.23. The number of hydrogen-bond acceptors (Lipinski definition) is 7. The van der Waals surface area contributed by atoms with Crippen LogP contribution in [0.5, 0.6) is 0 Å². The van der Waals surface area contributed by atoms with Crippen molar-refractivity contribution in [2.45, 2.75) is 26.2 Å². The number of aliphatic hydroxyl groups is 1. The number of aliphatic hydroxyl groups excluding tert-OH is 1. The Morgan fingerprint density at radius 2 is 1.88 bits per heavy atom. The molecule has 1 fully saturated rings. The molecule has 0 spiro atoms. The smallest absolute Gasteiger partial charge is 0.191 e. The van der Waals surface area contributed by atoms with Gasteiger partial charge in [-0.25, -0.2) is 14.4 Å². The van der Waals surface area contributed by atoms with E-state index in [4.69, 9.17) is 15.1 Å². The summed E-state index contributed by atoms with van der Waals surface area (Å²) < 4.78 is 15.2. The third-order valence-corrected chi connectivity index (χ3v) is 7.19. The van der Waals surface area contributed by atoms with Gasteiger partial charge in [-0.3, -0.25) is 0 Å². The van der Waals surface area contributed by atoms with Gasteiger partial charge in [0.25, 0.3) is 0 Å². The summed E-state index contributed by atoms with van der Waals surface area (Å²) in [4.78, 5) is 13.9. The second-order valence-electron chi connectivity index (χ2n) is 8.39. The quantitative estimate of drug-likeness (QED) is 0.450. The molecule has 5 rings (SSSR count). The Bertz CT molecular complexity index is 1250. The fourth-order valence-corrected chi connectivity index (χ4v) is 5.11. The Balaban J connectivity index is 1.48. The summed E-state index contributed by atoms with van der Waals surface area (Å²) in [5.74, 6) is 1.94. The number of imidazole rings is 1. The van der Waals surface area contributed by atoms with Crippen LogP contribution in [-0.2, 0) is 6.42 Å². The molecule has 0 bridgehead atoms. The van der Waals surface area contributed by atoms with Crippen molar-refractivity contribution in [1.29, 1.82) is 0 Å². The summed E-state index contributed by atoms with van der Waals surface area (Å²) in [7, 11) is 1.98. The second kappa shape index (κ2) is 9.07. The van der Waals surface area contributed by atoms with Crippen LogP contribution in [0.1, 0.15) is 25.5 Å². The number of aryl methyl sites for hydroxylation is 1. The maximum atomic E-state index is 13.3. The molecule has 1 aromatic carbocycles. The van der Waals surface area contributed by atoms with E-state index in [1.165, 1.54) is 23.5 Å². The third kappa shape index (κ3) is 4.18. The van der Waals surface area contributed by atoms with Crippen molar-refractivity contribution in [3.63, 3.8) is 0 Å². The van der Waals surface area contributed by atoms with Gasteiger partial charge in [-0.15, -0.1) is 16.4 Å². The van der Waals surface area contributed by atoms with E-state index in [0.717, 1.165) is 71.7 Å². The highest BCUT2D eigenvalue weighted by molar-refractivity contribution is 7.14. The van der Waals surface area contributed by atoms with Crippen molar-refractivity contribution < 1.29 is 9.50 Å². The maximum Gasteiger partial charge on any atom is 0.191 e. The van der Waals surface area contributed by atoms with E-state index in [0.29, 0.717) is 5.92 Å². The van der Waals surface area contributed by atoms with Crippen LogP contribution in [0, 0.1) is 11.7 Å². The number of nitrogens with zero attached hydrogens (tertiary/aromatic N) is 6. The Kier molecular flexibility index (Phi) is 5.99. The number of halogens is 1. The zero-order valence-electron chi connectivity index (χ0n) is 18.8. The fraction of sp³-hybridized carbons (Fsp3) is 0.375. The monoisotopic (exact) mass is 466 g/mol. The van der Waals surface area contributed by atoms with Crippen molar-refractivity contribution >= 4 is 33.8 Å². The van der Waals surface area contributed by atoms with E-state index < -0.39 is 0 Å². The van der Waals surface area contributed by atoms with E-state index in [9.17, 15) is 9.50 Å². The summed E-state index contributed by atoms with van der Waals surface area (Å²) >= 11 is 1.54. The molecule has 0 unspecified atom stereocenters. The minimum absolute atomic E-state index is 0.254. The number of anilines is 3. The average molecular weight is 467 g/mol. The topological polar surface area (TPSA) is 69.8 Å². The van der Waals surface area contributed by atoms with Gasteiger partial charge in [-0.1, -0.05) is 6.92 Å². The molecule has 3 aromatic heterocycles. The van der Waals surface area contributed by atoms with Crippen LogP contribution >= 0.6 is 11.3 Å². The maximum absolute atomic E-state index is 13.3. The van der Waals surface area contributed by atoms with Crippen molar-refractivity contribution in [2.75, 3.05) is 36.5 Å². The molecular weight excluding hydrogens is 439 g/mol. The SMILES string of the molecule is CCc1nc2ccc(N3CCC(CO)CC3)nn2c1N(C)c1nc(-c2ccc(F)cc2)cs1. The lowest BCUT2D eigenvalue weighted by atomic mass is 9.98. The normalized spacial score (nSPS) is 14.8. The third-order valence-electron chi connectivity index (χ3n) is 6.28. The Morgan fingerprint density at radius 1 is 1.12 bits per heavy atom. The molecule has 0 radical (unpaired) electrons. The lowest BCUT2D eigenvalue weighted by molar-refractivity contribution is 0.202. The number of hydrogen-bond donors (Lipinski definition) is 1. The minimum atomic E-state index is -0.257. The van der Waals surface area contributed by atoms with E-state index in [1.54, 1.807) is 12.1 Å². The summed E-state index contributed by atoms with van der Waals surface area (Å²) in [6.07, 6.45) is 2.72. The molecule has 0 saturated carbocycles. The number of thiazole rings is 1. The van der Waals surface area contributed by atoms with E-state index in [2.05, 4.69) is 11.8 Å². The van der Waals surface area contributed by atoms with Gasteiger partial charge >= 0.3 is 0 Å². The number of fused-ring (bicyclic) bond motifs is 1. The lowest BCUT2D eigenvalue weighted by Gasteiger charge is -2.31. The number of piperidine rings is 1. The van der Waals surface area contributed by atoms with Crippen LogP contribution in [0.4, 0.5) is 21.2 Å². The Morgan fingerprint density at radius 3 is 2.58 bits per heavy atom.